The van der Waals surface area contributed by atoms with Crippen molar-refractivity contribution in [2.24, 2.45) is 0 Å². The highest BCUT2D eigenvalue weighted by Gasteiger charge is 2.15. The Morgan fingerprint density at radius 2 is 1.95 bits per heavy atom. The molecule has 0 amide bonds. The van der Waals surface area contributed by atoms with Gasteiger partial charge in [-0.2, -0.15) is 4.98 Å². The van der Waals surface area contributed by atoms with Gasteiger partial charge in [-0.05, 0) is 40.2 Å². The summed E-state index contributed by atoms with van der Waals surface area (Å²) in [5.41, 5.74) is 0.903. The van der Waals surface area contributed by atoms with Crippen molar-refractivity contribution in [1.29, 1.82) is 0 Å². The van der Waals surface area contributed by atoms with Crippen LogP contribution in [0.15, 0.2) is 45.5 Å². The van der Waals surface area contributed by atoms with E-state index in [0.717, 1.165) is 4.47 Å². The fourth-order valence-corrected chi connectivity index (χ4v) is 1.88. The molecule has 2 aromatic heterocycles. The molecule has 20 heavy (non-hydrogen) atoms. The van der Waals surface area contributed by atoms with Crippen LogP contribution < -0.4 is 0 Å². The minimum absolute atomic E-state index is 0.0411. The smallest absolute Gasteiger partial charge is 0.262 e. The number of aromatic hydroxyl groups is 2. The fourth-order valence-electron chi connectivity index (χ4n) is 1.65. The van der Waals surface area contributed by atoms with Crippen LogP contribution in [0.5, 0.6) is 11.5 Å². The van der Waals surface area contributed by atoms with E-state index in [2.05, 4.69) is 31.1 Å². The van der Waals surface area contributed by atoms with E-state index in [1.807, 2.05) is 6.07 Å². The van der Waals surface area contributed by atoms with Crippen molar-refractivity contribution in [3.05, 3.63) is 41.0 Å². The zero-order valence-corrected chi connectivity index (χ0v) is 11.6. The summed E-state index contributed by atoms with van der Waals surface area (Å²) in [6.45, 7) is 0. The van der Waals surface area contributed by atoms with Crippen LogP contribution in [-0.4, -0.2) is 25.3 Å². The molecule has 0 unspecified atom stereocenters. The second kappa shape index (κ2) is 4.93. The van der Waals surface area contributed by atoms with E-state index >= 15 is 0 Å². The lowest BCUT2D eigenvalue weighted by Gasteiger charge is -1.99. The van der Waals surface area contributed by atoms with Gasteiger partial charge in [0.2, 0.25) is 5.82 Å². The number of nitrogens with zero attached hydrogens (tertiary/aromatic N) is 3. The van der Waals surface area contributed by atoms with Gasteiger partial charge in [0.15, 0.2) is 0 Å². The zero-order chi connectivity index (χ0) is 14.1. The Morgan fingerprint density at radius 1 is 1.10 bits per heavy atom. The van der Waals surface area contributed by atoms with E-state index in [1.165, 1.54) is 18.2 Å². The maximum atomic E-state index is 9.75. The van der Waals surface area contributed by atoms with E-state index in [4.69, 9.17) is 4.52 Å². The van der Waals surface area contributed by atoms with Crippen molar-refractivity contribution in [3.63, 3.8) is 0 Å². The molecule has 3 aromatic rings. The summed E-state index contributed by atoms with van der Waals surface area (Å²) in [4.78, 5) is 8.33. The Bertz CT molecular complexity index is 756. The maximum absolute atomic E-state index is 9.75. The molecule has 0 saturated carbocycles. The van der Waals surface area contributed by atoms with E-state index in [0.29, 0.717) is 17.1 Å². The molecule has 7 heteroatoms. The number of phenols is 2. The van der Waals surface area contributed by atoms with Gasteiger partial charge in [-0.25, -0.2) is 0 Å². The van der Waals surface area contributed by atoms with Crippen LogP contribution in [0.1, 0.15) is 0 Å². The molecule has 2 N–H and O–H groups in total. The summed E-state index contributed by atoms with van der Waals surface area (Å²) in [6, 6.07) is 7.69. The van der Waals surface area contributed by atoms with Gasteiger partial charge in [-0.1, -0.05) is 5.16 Å². The molecule has 0 fully saturated rings. The average molecular weight is 334 g/mol. The number of aromatic nitrogens is 3. The maximum Gasteiger partial charge on any atom is 0.262 e. The molecule has 0 aliphatic carbocycles. The molecule has 0 atom stereocenters. The zero-order valence-electron chi connectivity index (χ0n) is 9.99. The number of halogens is 1. The van der Waals surface area contributed by atoms with E-state index < -0.39 is 0 Å². The third kappa shape index (κ3) is 2.35. The van der Waals surface area contributed by atoms with Gasteiger partial charge in [0.25, 0.3) is 5.89 Å². The second-order valence-electron chi connectivity index (χ2n) is 3.99. The van der Waals surface area contributed by atoms with Gasteiger partial charge in [-0.3, -0.25) is 4.98 Å². The third-order valence-electron chi connectivity index (χ3n) is 2.59. The first-order valence-corrected chi connectivity index (χ1v) is 6.41. The molecular formula is C13H8BrN3O3. The first-order valence-electron chi connectivity index (χ1n) is 5.61. The first kappa shape index (κ1) is 12.6. The van der Waals surface area contributed by atoms with Crippen molar-refractivity contribution in [2.45, 2.75) is 0 Å². The Labute approximate surface area is 121 Å². The van der Waals surface area contributed by atoms with Crippen molar-refractivity contribution in [1.82, 2.24) is 15.1 Å². The van der Waals surface area contributed by atoms with Gasteiger partial charge in [0, 0.05) is 16.7 Å². The molecule has 0 radical (unpaired) electrons. The normalized spacial score (nSPS) is 10.7. The third-order valence-corrected chi connectivity index (χ3v) is 3.06. The summed E-state index contributed by atoms with van der Waals surface area (Å²) in [5.74, 6) is 0.298. The van der Waals surface area contributed by atoms with Crippen molar-refractivity contribution in [2.75, 3.05) is 0 Å². The van der Waals surface area contributed by atoms with E-state index in [1.54, 1.807) is 12.3 Å². The molecular weight excluding hydrogens is 326 g/mol. The Balaban J connectivity index is 1.99. The standard InChI is InChI=1S/C13H8BrN3O3/c14-7-1-4-10(15-6-7)12-16-13(20-17-12)9-3-2-8(18)5-11(9)19/h1-6,18-19H. The summed E-state index contributed by atoms with van der Waals surface area (Å²) in [5, 5.41) is 22.8. The van der Waals surface area contributed by atoms with Crippen molar-refractivity contribution >= 4 is 15.9 Å². The topological polar surface area (TPSA) is 92.3 Å². The number of pyridine rings is 1. The molecule has 0 aliphatic rings. The molecule has 0 bridgehead atoms. The minimum Gasteiger partial charge on any atom is -0.508 e. The molecule has 3 rings (SSSR count). The lowest BCUT2D eigenvalue weighted by molar-refractivity contribution is 0.423. The van der Waals surface area contributed by atoms with Gasteiger partial charge in [0.1, 0.15) is 17.2 Å². The lowest BCUT2D eigenvalue weighted by atomic mass is 10.2. The molecule has 2 heterocycles. The summed E-state index contributed by atoms with van der Waals surface area (Å²) >= 11 is 3.29. The van der Waals surface area contributed by atoms with Crippen LogP contribution in [0.2, 0.25) is 0 Å². The highest BCUT2D eigenvalue weighted by molar-refractivity contribution is 9.10. The first-order chi connectivity index (χ1) is 9.63. The monoisotopic (exact) mass is 333 g/mol. The summed E-state index contributed by atoms with van der Waals surface area (Å²) < 4.78 is 5.95. The van der Waals surface area contributed by atoms with Gasteiger partial charge < -0.3 is 14.7 Å². The quantitative estimate of drug-likeness (QED) is 0.748. The van der Waals surface area contributed by atoms with Crippen LogP contribution in [0.4, 0.5) is 0 Å². The van der Waals surface area contributed by atoms with Crippen LogP contribution >= 0.6 is 15.9 Å². The van der Waals surface area contributed by atoms with Crippen LogP contribution in [-0.2, 0) is 0 Å². The van der Waals surface area contributed by atoms with Crippen LogP contribution in [0.25, 0.3) is 23.0 Å². The second-order valence-corrected chi connectivity index (χ2v) is 4.90. The highest BCUT2D eigenvalue weighted by Crippen LogP contribution is 2.31. The largest absolute Gasteiger partial charge is 0.508 e. The van der Waals surface area contributed by atoms with E-state index in [-0.39, 0.29) is 17.4 Å². The molecule has 1 aromatic carbocycles. The van der Waals surface area contributed by atoms with Gasteiger partial charge in [-0.15, -0.1) is 0 Å². The summed E-state index contributed by atoms with van der Waals surface area (Å²) in [6.07, 6.45) is 1.63. The van der Waals surface area contributed by atoms with Gasteiger partial charge in [0.05, 0.1) is 5.56 Å². The molecule has 100 valence electrons. The van der Waals surface area contributed by atoms with Crippen LogP contribution in [0, 0.1) is 0 Å². The molecule has 6 nitrogen and oxygen atoms in total. The molecule has 0 aliphatic heterocycles. The molecule has 0 spiro atoms. The number of benzene rings is 1. The van der Waals surface area contributed by atoms with Crippen molar-refractivity contribution < 1.29 is 14.7 Å². The molecule has 0 saturated heterocycles. The highest BCUT2D eigenvalue weighted by atomic mass is 79.9. The minimum atomic E-state index is -0.135. The average Bonchev–Trinajstić information content (AvgIpc) is 2.89. The van der Waals surface area contributed by atoms with Gasteiger partial charge >= 0.3 is 0 Å². The predicted molar refractivity (Wildman–Crippen MR) is 74.0 cm³/mol. The number of rotatable bonds is 2. The number of hydrogen-bond acceptors (Lipinski definition) is 6. The lowest BCUT2D eigenvalue weighted by Crippen LogP contribution is -1.85. The van der Waals surface area contributed by atoms with Crippen LogP contribution in [0.3, 0.4) is 0 Å². The Hall–Kier alpha value is -2.41. The summed E-state index contributed by atoms with van der Waals surface area (Å²) in [7, 11) is 0. The number of hydrogen-bond donors (Lipinski definition) is 2. The fraction of sp³-hybridized carbons (Fsp3) is 0. The Kier molecular flexibility index (Phi) is 3.11. The SMILES string of the molecule is Oc1ccc(-c2nc(-c3ccc(Br)cn3)no2)c(O)c1. The Morgan fingerprint density at radius 3 is 2.65 bits per heavy atom. The predicted octanol–water partition coefficient (Wildman–Crippen LogP) is 2.97. The van der Waals surface area contributed by atoms with Crippen molar-refractivity contribution in [3.8, 4) is 34.5 Å². The van der Waals surface area contributed by atoms with E-state index in [9.17, 15) is 10.2 Å². The number of phenolic OH excluding ortho intramolecular Hbond substituents is 2.